The summed E-state index contributed by atoms with van der Waals surface area (Å²) < 4.78 is 0. The molecule has 1 aromatic carbocycles. The average Bonchev–Trinajstić information content (AvgIpc) is 3.32. The summed E-state index contributed by atoms with van der Waals surface area (Å²) in [4.78, 5) is 2.57. The lowest BCUT2D eigenvalue weighted by atomic mass is 9.99. The number of allylic oxidation sites excluding steroid dienone is 1. The number of hydrogen-bond donors (Lipinski definition) is 0. The van der Waals surface area contributed by atoms with E-state index in [-0.39, 0.29) is 0 Å². The largest absolute Gasteiger partial charge is 0.372 e. The highest BCUT2D eigenvalue weighted by Gasteiger charge is 2.52. The molecule has 2 atom stereocenters. The first-order chi connectivity index (χ1) is 9.51. The molecule has 0 radical (unpaired) electrons. The molecule has 20 heavy (non-hydrogen) atoms. The van der Waals surface area contributed by atoms with Crippen molar-refractivity contribution in [1.29, 1.82) is 0 Å². The van der Waals surface area contributed by atoms with Crippen LogP contribution >= 0.6 is 0 Å². The van der Waals surface area contributed by atoms with Crippen LogP contribution in [0.3, 0.4) is 0 Å². The van der Waals surface area contributed by atoms with Gasteiger partial charge in [0.15, 0.2) is 0 Å². The quantitative estimate of drug-likeness (QED) is 0.716. The predicted molar refractivity (Wildman–Crippen MR) is 85.6 cm³/mol. The minimum atomic E-state index is 0.434. The van der Waals surface area contributed by atoms with Crippen molar-refractivity contribution in [2.24, 2.45) is 11.3 Å². The zero-order chi connectivity index (χ0) is 14.3. The summed E-state index contributed by atoms with van der Waals surface area (Å²) in [7, 11) is 0. The van der Waals surface area contributed by atoms with Crippen molar-refractivity contribution < 1.29 is 0 Å². The zero-order valence-electron chi connectivity index (χ0n) is 13.1. The Kier molecular flexibility index (Phi) is 3.40. The van der Waals surface area contributed by atoms with Crippen molar-refractivity contribution in [2.75, 3.05) is 6.54 Å². The second-order valence-corrected chi connectivity index (χ2v) is 7.31. The Hall–Kier alpha value is -1.24. The minimum absolute atomic E-state index is 0.434. The van der Waals surface area contributed by atoms with E-state index in [1.165, 1.54) is 37.1 Å². The van der Waals surface area contributed by atoms with Crippen LogP contribution in [0, 0.1) is 11.3 Å². The minimum Gasteiger partial charge on any atom is -0.372 e. The van der Waals surface area contributed by atoms with E-state index in [1.54, 1.807) is 0 Å². The molecule has 0 aliphatic heterocycles. The van der Waals surface area contributed by atoms with E-state index >= 15 is 0 Å². The van der Waals surface area contributed by atoms with E-state index in [4.69, 9.17) is 0 Å². The van der Waals surface area contributed by atoms with Crippen LogP contribution in [-0.4, -0.2) is 17.5 Å². The molecule has 0 N–H and O–H groups in total. The van der Waals surface area contributed by atoms with Crippen molar-refractivity contribution in [3.05, 3.63) is 48.2 Å². The Balaban J connectivity index is 1.69. The molecule has 0 amide bonds. The van der Waals surface area contributed by atoms with Crippen LogP contribution in [0.5, 0.6) is 0 Å². The molecule has 2 aliphatic rings. The first-order valence-electron chi connectivity index (χ1n) is 8.01. The Labute approximate surface area is 123 Å². The van der Waals surface area contributed by atoms with Gasteiger partial charge in [-0.2, -0.15) is 0 Å². The summed E-state index contributed by atoms with van der Waals surface area (Å²) in [6.45, 7) is 12.6. The highest BCUT2D eigenvalue weighted by molar-refractivity contribution is 5.30. The summed E-state index contributed by atoms with van der Waals surface area (Å²) in [5.41, 5.74) is 3.33. The van der Waals surface area contributed by atoms with Gasteiger partial charge in [0.05, 0.1) is 0 Å². The third-order valence-electron chi connectivity index (χ3n) is 5.13. The van der Waals surface area contributed by atoms with Crippen molar-refractivity contribution in [1.82, 2.24) is 4.90 Å². The van der Waals surface area contributed by atoms with Gasteiger partial charge < -0.3 is 4.90 Å². The van der Waals surface area contributed by atoms with Gasteiger partial charge in [0.1, 0.15) is 0 Å². The fourth-order valence-electron chi connectivity index (χ4n) is 3.44. The normalized spacial score (nSPS) is 28.5. The lowest BCUT2D eigenvalue weighted by Crippen LogP contribution is -2.35. The monoisotopic (exact) mass is 269 g/mol. The Morgan fingerprint density at radius 1 is 1.30 bits per heavy atom. The molecule has 1 nitrogen and oxygen atoms in total. The van der Waals surface area contributed by atoms with E-state index in [0.717, 1.165) is 11.8 Å². The fraction of sp³-hybridized carbons (Fsp3) is 0.579. The SMILES string of the molecule is C=C(C1CC1)N(CC1(C)CC1c1ccccc1)C(C)C. The topological polar surface area (TPSA) is 3.24 Å². The molecular weight excluding hydrogens is 242 g/mol. The lowest BCUT2D eigenvalue weighted by Gasteiger charge is -2.34. The molecule has 2 saturated carbocycles. The number of rotatable bonds is 6. The summed E-state index contributed by atoms with van der Waals surface area (Å²) >= 11 is 0. The summed E-state index contributed by atoms with van der Waals surface area (Å²) in [6.07, 6.45) is 4.01. The van der Waals surface area contributed by atoms with E-state index in [2.05, 4.69) is 62.6 Å². The second kappa shape index (κ2) is 4.95. The van der Waals surface area contributed by atoms with Gasteiger partial charge in [-0.1, -0.05) is 43.8 Å². The van der Waals surface area contributed by atoms with Crippen LogP contribution in [0.4, 0.5) is 0 Å². The predicted octanol–water partition coefficient (Wildman–Crippen LogP) is 4.81. The number of nitrogens with zero attached hydrogens (tertiary/aromatic N) is 1. The number of hydrogen-bond acceptors (Lipinski definition) is 1. The molecule has 2 aliphatic carbocycles. The van der Waals surface area contributed by atoms with Gasteiger partial charge >= 0.3 is 0 Å². The van der Waals surface area contributed by atoms with Crippen molar-refractivity contribution in [3.8, 4) is 0 Å². The smallest absolute Gasteiger partial charge is 0.0237 e. The van der Waals surface area contributed by atoms with Crippen molar-refractivity contribution in [3.63, 3.8) is 0 Å². The molecule has 0 saturated heterocycles. The molecule has 0 aromatic heterocycles. The van der Waals surface area contributed by atoms with Crippen LogP contribution in [0.25, 0.3) is 0 Å². The maximum absolute atomic E-state index is 4.37. The Bertz CT molecular complexity index is 486. The standard InChI is InChI=1S/C19H27N/c1-14(2)20(15(3)16-10-11-16)13-19(4)12-18(19)17-8-6-5-7-9-17/h5-9,14,16,18H,3,10-13H2,1-2,4H3. The van der Waals surface area contributed by atoms with E-state index in [0.29, 0.717) is 11.5 Å². The van der Waals surface area contributed by atoms with Gasteiger partial charge in [-0.15, -0.1) is 0 Å². The molecule has 0 bridgehead atoms. The van der Waals surface area contributed by atoms with Crippen LogP contribution in [0.2, 0.25) is 0 Å². The van der Waals surface area contributed by atoms with E-state index in [1.807, 2.05) is 0 Å². The highest BCUT2D eigenvalue weighted by Crippen LogP contribution is 2.60. The van der Waals surface area contributed by atoms with Crippen LogP contribution in [-0.2, 0) is 0 Å². The molecule has 1 aromatic rings. The van der Waals surface area contributed by atoms with Crippen LogP contribution in [0.15, 0.2) is 42.6 Å². The molecule has 108 valence electrons. The lowest BCUT2D eigenvalue weighted by molar-refractivity contribution is 0.223. The first kappa shape index (κ1) is 13.7. The Morgan fingerprint density at radius 3 is 2.50 bits per heavy atom. The van der Waals surface area contributed by atoms with Crippen molar-refractivity contribution >= 4 is 0 Å². The summed E-state index contributed by atoms with van der Waals surface area (Å²) in [6, 6.07) is 11.6. The van der Waals surface area contributed by atoms with Gasteiger partial charge in [0, 0.05) is 18.3 Å². The third-order valence-corrected chi connectivity index (χ3v) is 5.13. The molecule has 0 spiro atoms. The molecular formula is C19H27N. The fourth-order valence-corrected chi connectivity index (χ4v) is 3.44. The van der Waals surface area contributed by atoms with Gasteiger partial charge in [-0.05, 0) is 55.9 Å². The Morgan fingerprint density at radius 2 is 1.95 bits per heavy atom. The van der Waals surface area contributed by atoms with Crippen LogP contribution in [0.1, 0.15) is 51.5 Å². The van der Waals surface area contributed by atoms with E-state index < -0.39 is 0 Å². The number of benzene rings is 1. The molecule has 2 unspecified atom stereocenters. The van der Waals surface area contributed by atoms with Crippen LogP contribution < -0.4 is 0 Å². The van der Waals surface area contributed by atoms with Crippen molar-refractivity contribution in [2.45, 2.75) is 52.0 Å². The van der Waals surface area contributed by atoms with Gasteiger partial charge in [-0.3, -0.25) is 0 Å². The van der Waals surface area contributed by atoms with Gasteiger partial charge in [0.25, 0.3) is 0 Å². The second-order valence-electron chi connectivity index (χ2n) is 7.31. The van der Waals surface area contributed by atoms with E-state index in [9.17, 15) is 0 Å². The third kappa shape index (κ3) is 2.63. The molecule has 2 fully saturated rings. The van der Waals surface area contributed by atoms with Gasteiger partial charge in [-0.25, -0.2) is 0 Å². The highest BCUT2D eigenvalue weighted by atomic mass is 15.2. The maximum Gasteiger partial charge on any atom is 0.0237 e. The molecule has 0 heterocycles. The summed E-state index contributed by atoms with van der Waals surface area (Å²) in [5.74, 6) is 1.51. The zero-order valence-corrected chi connectivity index (χ0v) is 13.1. The molecule has 3 rings (SSSR count). The maximum atomic E-state index is 4.37. The molecule has 1 heteroatoms. The van der Waals surface area contributed by atoms with Gasteiger partial charge in [0.2, 0.25) is 0 Å². The average molecular weight is 269 g/mol. The first-order valence-corrected chi connectivity index (χ1v) is 8.01. The summed E-state index contributed by atoms with van der Waals surface area (Å²) in [5, 5.41) is 0.